The van der Waals surface area contributed by atoms with Crippen LogP contribution in [-0.4, -0.2) is 46.4 Å². The lowest BCUT2D eigenvalue weighted by Gasteiger charge is -2.26. The summed E-state index contributed by atoms with van der Waals surface area (Å²) in [6.07, 6.45) is 1.50. The molecule has 0 aliphatic carbocycles. The molecule has 0 aromatic heterocycles. The molecule has 1 atom stereocenters. The van der Waals surface area contributed by atoms with Gasteiger partial charge in [0, 0.05) is 5.75 Å². The van der Waals surface area contributed by atoms with E-state index in [0.717, 1.165) is 12.2 Å². The van der Waals surface area contributed by atoms with Gasteiger partial charge in [-0.1, -0.05) is 6.92 Å². The van der Waals surface area contributed by atoms with Crippen molar-refractivity contribution in [2.45, 2.75) is 32.2 Å². The first-order valence-corrected chi connectivity index (χ1v) is 6.39. The van der Waals surface area contributed by atoms with E-state index in [4.69, 9.17) is 10.2 Å². The molecule has 3 N–H and O–H groups in total. The molecule has 0 spiro atoms. The number of hydrogen-bond donors (Lipinski definition) is 3. The van der Waals surface area contributed by atoms with Crippen molar-refractivity contribution >= 4 is 17.7 Å². The zero-order valence-corrected chi connectivity index (χ0v) is 10.3. The number of hydrogen-bond acceptors (Lipinski definition) is 4. The van der Waals surface area contributed by atoms with Crippen LogP contribution in [0.5, 0.6) is 0 Å². The largest absolute Gasteiger partial charge is 0.480 e. The van der Waals surface area contributed by atoms with Crippen LogP contribution < -0.4 is 5.32 Å². The third kappa shape index (κ3) is 6.02. The summed E-state index contributed by atoms with van der Waals surface area (Å²) in [5, 5.41) is 20.7. The van der Waals surface area contributed by atoms with Crippen molar-refractivity contribution in [1.29, 1.82) is 0 Å². The second kappa shape index (κ2) is 7.96. The van der Waals surface area contributed by atoms with E-state index >= 15 is 0 Å². The second-order valence-electron chi connectivity index (χ2n) is 3.65. The normalized spacial score (nSPS) is 14.9. The molecule has 0 amide bonds. The fraction of sp³-hybridized carbons (Fsp3) is 0.900. The Morgan fingerprint density at radius 1 is 1.47 bits per heavy atom. The number of carboxylic acids is 1. The number of carbonyl (C=O) groups is 1. The van der Waals surface area contributed by atoms with Gasteiger partial charge in [0.15, 0.2) is 0 Å². The second-order valence-corrected chi connectivity index (χ2v) is 4.87. The summed E-state index contributed by atoms with van der Waals surface area (Å²) in [7, 11) is 0. The Labute approximate surface area is 95.4 Å². The number of thioether (sulfide) groups is 1. The van der Waals surface area contributed by atoms with Gasteiger partial charge in [-0.05, 0) is 32.1 Å². The van der Waals surface area contributed by atoms with Gasteiger partial charge in [-0.25, -0.2) is 0 Å². The summed E-state index contributed by atoms with van der Waals surface area (Å²) in [4.78, 5) is 11.1. The molecule has 0 saturated carbocycles. The van der Waals surface area contributed by atoms with Crippen LogP contribution in [0.1, 0.15) is 26.7 Å². The van der Waals surface area contributed by atoms with Crippen LogP contribution in [0.15, 0.2) is 0 Å². The molecule has 0 rings (SSSR count). The van der Waals surface area contributed by atoms with Gasteiger partial charge in [-0.3, -0.25) is 4.79 Å². The molecule has 0 saturated heterocycles. The van der Waals surface area contributed by atoms with Gasteiger partial charge in [0.2, 0.25) is 0 Å². The number of aliphatic hydroxyl groups excluding tert-OH is 1. The minimum absolute atomic E-state index is 0.150. The zero-order chi connectivity index (χ0) is 11.7. The average molecular weight is 235 g/mol. The molecular formula is C10H21NO3S. The molecular weight excluding hydrogens is 214 g/mol. The van der Waals surface area contributed by atoms with Crippen molar-refractivity contribution in [3.05, 3.63) is 0 Å². The molecule has 5 heteroatoms. The summed E-state index contributed by atoms with van der Waals surface area (Å²) in [5.74, 6) is 0.615. The lowest BCUT2D eigenvalue weighted by atomic mass is 9.99. The van der Waals surface area contributed by atoms with E-state index < -0.39 is 11.5 Å². The molecule has 0 aromatic carbocycles. The summed E-state index contributed by atoms with van der Waals surface area (Å²) < 4.78 is 0. The monoisotopic (exact) mass is 235 g/mol. The SMILES string of the molecule is CCCNC(C)(CCSCCO)C(=O)O. The van der Waals surface area contributed by atoms with Gasteiger partial charge in [0.25, 0.3) is 0 Å². The fourth-order valence-corrected chi connectivity index (χ4v) is 2.00. The lowest BCUT2D eigenvalue weighted by Crippen LogP contribution is -2.50. The van der Waals surface area contributed by atoms with Crippen LogP contribution in [-0.2, 0) is 4.79 Å². The molecule has 0 aliphatic rings. The van der Waals surface area contributed by atoms with Crippen LogP contribution in [0.2, 0.25) is 0 Å². The Kier molecular flexibility index (Phi) is 7.82. The minimum atomic E-state index is -0.835. The number of rotatable bonds is 9. The smallest absolute Gasteiger partial charge is 0.323 e. The maximum atomic E-state index is 11.1. The van der Waals surface area contributed by atoms with Gasteiger partial charge in [0.1, 0.15) is 5.54 Å². The predicted octanol–water partition coefficient (Wildman–Crippen LogP) is 0.945. The minimum Gasteiger partial charge on any atom is -0.480 e. The number of nitrogens with one attached hydrogen (secondary N) is 1. The van der Waals surface area contributed by atoms with Gasteiger partial charge in [0.05, 0.1) is 6.61 Å². The van der Waals surface area contributed by atoms with E-state index in [2.05, 4.69) is 5.32 Å². The van der Waals surface area contributed by atoms with E-state index in [0.29, 0.717) is 18.7 Å². The molecule has 90 valence electrons. The van der Waals surface area contributed by atoms with Crippen molar-refractivity contribution in [2.24, 2.45) is 0 Å². The van der Waals surface area contributed by atoms with Crippen molar-refractivity contribution < 1.29 is 15.0 Å². The maximum Gasteiger partial charge on any atom is 0.323 e. The van der Waals surface area contributed by atoms with Gasteiger partial charge < -0.3 is 15.5 Å². The summed E-state index contributed by atoms with van der Waals surface area (Å²) >= 11 is 1.58. The summed E-state index contributed by atoms with van der Waals surface area (Å²) in [6, 6.07) is 0. The molecule has 1 unspecified atom stereocenters. The molecule has 0 bridgehead atoms. The third-order valence-corrected chi connectivity index (χ3v) is 3.18. The molecule has 0 aromatic rings. The highest BCUT2D eigenvalue weighted by Gasteiger charge is 2.31. The highest BCUT2D eigenvalue weighted by atomic mass is 32.2. The van der Waals surface area contributed by atoms with Gasteiger partial charge in [-0.15, -0.1) is 0 Å². The topological polar surface area (TPSA) is 69.6 Å². The zero-order valence-electron chi connectivity index (χ0n) is 9.45. The first kappa shape index (κ1) is 14.7. The standard InChI is InChI=1S/C10H21NO3S/c1-3-5-11-10(2,9(13)14)4-7-15-8-6-12/h11-12H,3-8H2,1-2H3,(H,13,14). The van der Waals surface area contributed by atoms with Crippen molar-refractivity contribution in [3.63, 3.8) is 0 Å². The predicted molar refractivity (Wildman–Crippen MR) is 63.4 cm³/mol. The molecule has 0 radical (unpaired) electrons. The Morgan fingerprint density at radius 2 is 2.13 bits per heavy atom. The molecule has 0 fully saturated rings. The van der Waals surface area contributed by atoms with E-state index in [-0.39, 0.29) is 6.61 Å². The van der Waals surface area contributed by atoms with Crippen LogP contribution >= 0.6 is 11.8 Å². The van der Waals surface area contributed by atoms with E-state index in [9.17, 15) is 4.79 Å². The Morgan fingerprint density at radius 3 is 2.60 bits per heavy atom. The Hall–Kier alpha value is -0.260. The van der Waals surface area contributed by atoms with Crippen LogP contribution in [0.4, 0.5) is 0 Å². The van der Waals surface area contributed by atoms with Crippen molar-refractivity contribution in [2.75, 3.05) is 24.7 Å². The van der Waals surface area contributed by atoms with E-state index in [1.807, 2.05) is 6.92 Å². The van der Waals surface area contributed by atoms with E-state index in [1.54, 1.807) is 18.7 Å². The number of aliphatic hydroxyl groups is 1. The van der Waals surface area contributed by atoms with Crippen molar-refractivity contribution in [1.82, 2.24) is 5.32 Å². The molecule has 4 nitrogen and oxygen atoms in total. The summed E-state index contributed by atoms with van der Waals surface area (Å²) in [6.45, 7) is 4.59. The fourth-order valence-electron chi connectivity index (χ4n) is 1.11. The lowest BCUT2D eigenvalue weighted by molar-refractivity contribution is -0.144. The van der Waals surface area contributed by atoms with Crippen LogP contribution in [0, 0.1) is 0 Å². The Bertz CT molecular complexity index is 190. The van der Waals surface area contributed by atoms with Gasteiger partial charge in [-0.2, -0.15) is 11.8 Å². The first-order chi connectivity index (χ1) is 7.06. The highest BCUT2D eigenvalue weighted by Crippen LogP contribution is 2.14. The average Bonchev–Trinajstić information content (AvgIpc) is 2.21. The van der Waals surface area contributed by atoms with E-state index in [1.165, 1.54) is 0 Å². The van der Waals surface area contributed by atoms with Crippen LogP contribution in [0.3, 0.4) is 0 Å². The summed E-state index contributed by atoms with van der Waals surface area (Å²) in [5.41, 5.74) is -0.835. The Balaban J connectivity index is 3.96. The molecule has 15 heavy (non-hydrogen) atoms. The van der Waals surface area contributed by atoms with Crippen molar-refractivity contribution in [3.8, 4) is 0 Å². The number of carboxylic acid groups (broad SMARTS) is 1. The molecule has 0 aliphatic heterocycles. The number of aliphatic carboxylic acids is 1. The van der Waals surface area contributed by atoms with Crippen LogP contribution in [0.25, 0.3) is 0 Å². The highest BCUT2D eigenvalue weighted by molar-refractivity contribution is 7.99. The molecule has 0 heterocycles. The maximum absolute atomic E-state index is 11.1. The quantitative estimate of drug-likeness (QED) is 0.519. The third-order valence-electron chi connectivity index (χ3n) is 2.22. The van der Waals surface area contributed by atoms with Gasteiger partial charge >= 0.3 is 5.97 Å². The first-order valence-electron chi connectivity index (χ1n) is 5.24.